The molecule has 0 aliphatic carbocycles. The van der Waals surface area contributed by atoms with E-state index in [9.17, 15) is 13.2 Å². The van der Waals surface area contributed by atoms with Crippen LogP contribution in [0.4, 0.5) is 0 Å². The molecule has 2 rings (SSSR count). The van der Waals surface area contributed by atoms with Crippen molar-refractivity contribution in [2.75, 3.05) is 20.1 Å². The molecule has 0 saturated carbocycles. The van der Waals surface area contributed by atoms with E-state index in [1.807, 2.05) is 6.07 Å². The lowest BCUT2D eigenvalue weighted by Crippen LogP contribution is -2.38. The molecule has 0 radical (unpaired) electrons. The summed E-state index contributed by atoms with van der Waals surface area (Å²) in [5.41, 5.74) is 0.853. The summed E-state index contributed by atoms with van der Waals surface area (Å²) >= 11 is 0. The van der Waals surface area contributed by atoms with Crippen LogP contribution < -0.4 is 9.47 Å². The third kappa shape index (κ3) is 3.04. The maximum atomic E-state index is 12.0. The van der Waals surface area contributed by atoms with Gasteiger partial charge >= 0.3 is 0 Å². The fourth-order valence-electron chi connectivity index (χ4n) is 1.88. The number of carbonyl (C=O) groups excluding carboxylic acids is 1. The van der Waals surface area contributed by atoms with Crippen LogP contribution in [0.2, 0.25) is 0 Å². The third-order valence-corrected chi connectivity index (χ3v) is 4.71. The number of carbonyl (C=O) groups is 1. The van der Waals surface area contributed by atoms with Crippen LogP contribution in [-0.2, 0) is 21.2 Å². The van der Waals surface area contributed by atoms with E-state index in [2.05, 4.69) is 0 Å². The molecule has 0 spiro atoms. The van der Waals surface area contributed by atoms with Gasteiger partial charge in [-0.2, -0.15) is 0 Å². The van der Waals surface area contributed by atoms with Crippen molar-refractivity contribution in [3.05, 3.63) is 23.8 Å². The Labute approximate surface area is 118 Å². The predicted octanol–water partition coefficient (Wildman–Crippen LogP) is 0.807. The first kappa shape index (κ1) is 14.6. The van der Waals surface area contributed by atoms with Crippen molar-refractivity contribution in [3.8, 4) is 11.5 Å². The number of sulfone groups is 1. The van der Waals surface area contributed by atoms with Crippen LogP contribution in [-0.4, -0.2) is 44.6 Å². The van der Waals surface area contributed by atoms with Crippen LogP contribution in [0.15, 0.2) is 18.2 Å². The summed E-state index contributed by atoms with van der Waals surface area (Å²) in [5, 5.41) is -1.04. The van der Waals surface area contributed by atoms with Crippen LogP contribution >= 0.6 is 0 Å². The molecular weight excluding hydrogens is 282 g/mol. The number of ether oxygens (including phenoxy) is 2. The van der Waals surface area contributed by atoms with E-state index >= 15 is 0 Å². The minimum Gasteiger partial charge on any atom is -0.454 e. The molecule has 0 saturated heterocycles. The lowest BCUT2D eigenvalue weighted by Gasteiger charge is -2.20. The molecule has 1 unspecified atom stereocenters. The average molecular weight is 299 g/mol. The summed E-state index contributed by atoms with van der Waals surface area (Å²) in [4.78, 5) is 13.4. The topological polar surface area (TPSA) is 72.9 Å². The van der Waals surface area contributed by atoms with Gasteiger partial charge in [0.25, 0.3) is 0 Å². The smallest absolute Gasteiger partial charge is 0.240 e. The molecule has 7 heteroatoms. The lowest BCUT2D eigenvalue weighted by atomic mass is 10.2. The summed E-state index contributed by atoms with van der Waals surface area (Å²) < 4.78 is 33.3. The Hall–Kier alpha value is -1.76. The minimum absolute atomic E-state index is 0.193. The molecular formula is C13H17NO5S. The first-order valence-corrected chi connectivity index (χ1v) is 8.07. The van der Waals surface area contributed by atoms with Gasteiger partial charge in [0, 0.05) is 19.8 Å². The van der Waals surface area contributed by atoms with E-state index in [1.165, 1.54) is 11.8 Å². The highest BCUT2D eigenvalue weighted by atomic mass is 32.2. The van der Waals surface area contributed by atoms with Gasteiger partial charge < -0.3 is 14.4 Å². The molecule has 20 heavy (non-hydrogen) atoms. The monoisotopic (exact) mass is 299 g/mol. The Morgan fingerprint density at radius 1 is 1.35 bits per heavy atom. The van der Waals surface area contributed by atoms with Crippen molar-refractivity contribution in [1.82, 2.24) is 4.90 Å². The van der Waals surface area contributed by atoms with Gasteiger partial charge in [-0.15, -0.1) is 0 Å². The summed E-state index contributed by atoms with van der Waals surface area (Å²) in [6.07, 6.45) is 1.06. The number of amides is 1. The van der Waals surface area contributed by atoms with E-state index in [4.69, 9.17) is 9.47 Å². The lowest BCUT2D eigenvalue weighted by molar-refractivity contribution is -0.129. The van der Waals surface area contributed by atoms with E-state index in [0.29, 0.717) is 18.0 Å². The summed E-state index contributed by atoms with van der Waals surface area (Å²) in [6, 6.07) is 5.38. The molecule has 0 fully saturated rings. The van der Waals surface area contributed by atoms with Gasteiger partial charge in [-0.05, 0) is 24.6 Å². The van der Waals surface area contributed by atoms with E-state index in [1.54, 1.807) is 19.2 Å². The predicted molar refractivity (Wildman–Crippen MR) is 73.3 cm³/mol. The molecule has 0 bridgehead atoms. The second-order valence-corrected chi connectivity index (χ2v) is 7.22. The number of hydrogen-bond acceptors (Lipinski definition) is 5. The highest BCUT2D eigenvalue weighted by molar-refractivity contribution is 7.92. The number of nitrogens with zero attached hydrogens (tertiary/aromatic N) is 1. The van der Waals surface area contributed by atoms with Gasteiger partial charge in [0.1, 0.15) is 5.25 Å². The zero-order valence-electron chi connectivity index (χ0n) is 11.6. The SMILES string of the molecule is CC(C(=O)N(C)Cc1ccc2c(c1)OCO2)S(C)(=O)=O. The van der Waals surface area contributed by atoms with Gasteiger partial charge in [0.05, 0.1) is 0 Å². The highest BCUT2D eigenvalue weighted by Crippen LogP contribution is 2.32. The Morgan fingerprint density at radius 3 is 2.65 bits per heavy atom. The Bertz CT molecular complexity index is 626. The number of hydrogen-bond donors (Lipinski definition) is 0. The molecule has 110 valence electrons. The van der Waals surface area contributed by atoms with Crippen molar-refractivity contribution in [1.29, 1.82) is 0 Å². The molecule has 1 aromatic rings. The molecule has 1 atom stereocenters. The van der Waals surface area contributed by atoms with Crippen molar-refractivity contribution in [2.24, 2.45) is 0 Å². The molecule has 0 aromatic heterocycles. The fourth-order valence-corrected chi connectivity index (χ4v) is 2.43. The third-order valence-electron chi connectivity index (χ3n) is 3.22. The molecule has 1 amide bonds. The van der Waals surface area contributed by atoms with Crippen molar-refractivity contribution >= 4 is 15.7 Å². The number of rotatable bonds is 4. The summed E-state index contributed by atoms with van der Waals surface area (Å²) in [5.74, 6) is 0.886. The quantitative estimate of drug-likeness (QED) is 0.822. The second kappa shape index (κ2) is 5.32. The molecule has 1 aliphatic heterocycles. The minimum atomic E-state index is -3.38. The average Bonchev–Trinajstić information content (AvgIpc) is 2.83. The molecule has 6 nitrogen and oxygen atoms in total. The van der Waals surface area contributed by atoms with E-state index < -0.39 is 21.0 Å². The van der Waals surface area contributed by atoms with E-state index in [0.717, 1.165) is 11.8 Å². The summed E-state index contributed by atoms with van der Waals surface area (Å²) in [7, 11) is -1.81. The standard InChI is InChI=1S/C13H17NO5S/c1-9(20(3,16)17)13(15)14(2)7-10-4-5-11-12(6-10)19-8-18-11/h4-6,9H,7-8H2,1-3H3. The van der Waals surface area contributed by atoms with Crippen molar-refractivity contribution in [3.63, 3.8) is 0 Å². The van der Waals surface area contributed by atoms with Crippen LogP contribution in [0.5, 0.6) is 11.5 Å². The molecule has 1 aliphatic rings. The first-order valence-electron chi connectivity index (χ1n) is 6.11. The van der Waals surface area contributed by atoms with Crippen LogP contribution in [0.25, 0.3) is 0 Å². The van der Waals surface area contributed by atoms with E-state index in [-0.39, 0.29) is 6.79 Å². The maximum Gasteiger partial charge on any atom is 0.240 e. The molecule has 1 heterocycles. The zero-order chi connectivity index (χ0) is 14.9. The van der Waals surface area contributed by atoms with Gasteiger partial charge in [0.15, 0.2) is 21.3 Å². The summed E-state index contributed by atoms with van der Waals surface area (Å²) in [6.45, 7) is 1.90. The molecule has 0 N–H and O–H groups in total. The maximum absolute atomic E-state index is 12.0. The highest BCUT2D eigenvalue weighted by Gasteiger charge is 2.26. The van der Waals surface area contributed by atoms with Gasteiger partial charge in [-0.25, -0.2) is 8.42 Å². The fraction of sp³-hybridized carbons (Fsp3) is 0.462. The number of fused-ring (bicyclic) bond motifs is 1. The first-order chi connectivity index (χ1) is 9.29. The van der Waals surface area contributed by atoms with Gasteiger partial charge in [0.2, 0.25) is 12.7 Å². The van der Waals surface area contributed by atoms with Crippen molar-refractivity contribution < 1.29 is 22.7 Å². The molecule has 1 aromatic carbocycles. The Kier molecular flexibility index (Phi) is 3.89. The van der Waals surface area contributed by atoms with Crippen LogP contribution in [0.1, 0.15) is 12.5 Å². The van der Waals surface area contributed by atoms with Crippen LogP contribution in [0, 0.1) is 0 Å². The Balaban J connectivity index is 2.08. The van der Waals surface area contributed by atoms with Gasteiger partial charge in [-0.3, -0.25) is 4.79 Å². The largest absolute Gasteiger partial charge is 0.454 e. The Morgan fingerprint density at radius 2 is 2.00 bits per heavy atom. The van der Waals surface area contributed by atoms with Gasteiger partial charge in [-0.1, -0.05) is 6.07 Å². The number of benzene rings is 1. The second-order valence-electron chi connectivity index (χ2n) is 4.85. The van der Waals surface area contributed by atoms with Crippen LogP contribution in [0.3, 0.4) is 0 Å². The zero-order valence-corrected chi connectivity index (χ0v) is 12.4. The van der Waals surface area contributed by atoms with Crippen molar-refractivity contribution in [2.45, 2.75) is 18.7 Å². The normalized spacial score (nSPS) is 14.9.